The average Bonchev–Trinajstić information content (AvgIpc) is 2.70. The van der Waals surface area contributed by atoms with Crippen molar-refractivity contribution in [1.82, 2.24) is 0 Å². The molecule has 0 radical (unpaired) electrons. The van der Waals surface area contributed by atoms with Gasteiger partial charge in [0.05, 0.1) is 6.10 Å². The van der Waals surface area contributed by atoms with Crippen molar-refractivity contribution < 1.29 is 4.74 Å². The molecule has 0 spiro atoms. The molecular weight excluding hydrogens is 218 g/mol. The van der Waals surface area contributed by atoms with Gasteiger partial charge in [-0.25, -0.2) is 0 Å². The van der Waals surface area contributed by atoms with Crippen LogP contribution in [0.4, 0.5) is 0 Å². The van der Waals surface area contributed by atoms with Crippen molar-refractivity contribution in [2.45, 2.75) is 58.1 Å². The molecule has 1 aliphatic heterocycles. The zero-order valence-electron chi connectivity index (χ0n) is 10.8. The molecule has 0 aromatic rings. The van der Waals surface area contributed by atoms with Gasteiger partial charge in [-0.3, -0.25) is 0 Å². The number of nitrogens with two attached hydrogens (primary N) is 1. The van der Waals surface area contributed by atoms with E-state index in [1.165, 1.54) is 31.4 Å². The zero-order valence-corrected chi connectivity index (χ0v) is 11.6. The van der Waals surface area contributed by atoms with Crippen molar-refractivity contribution >= 4 is 11.8 Å². The maximum atomic E-state index is 6.08. The molecule has 2 N–H and O–H groups in total. The lowest BCUT2D eigenvalue weighted by molar-refractivity contribution is 0.102. The van der Waals surface area contributed by atoms with Crippen LogP contribution in [-0.4, -0.2) is 30.3 Å². The van der Waals surface area contributed by atoms with Gasteiger partial charge in [-0.1, -0.05) is 13.8 Å². The Bertz CT molecular complexity index is 169. The Hall–Kier alpha value is 0.270. The van der Waals surface area contributed by atoms with Gasteiger partial charge < -0.3 is 10.5 Å². The summed E-state index contributed by atoms with van der Waals surface area (Å²) in [6.07, 6.45) is 6.65. The molecule has 96 valence electrons. The molecule has 1 fully saturated rings. The van der Waals surface area contributed by atoms with Gasteiger partial charge in [-0.15, -0.1) is 0 Å². The van der Waals surface area contributed by atoms with E-state index in [1.54, 1.807) is 0 Å². The highest BCUT2D eigenvalue weighted by molar-refractivity contribution is 7.99. The van der Waals surface area contributed by atoms with Crippen LogP contribution in [0.1, 0.15) is 46.0 Å². The number of hydrogen-bond acceptors (Lipinski definition) is 3. The first-order chi connectivity index (χ1) is 7.68. The van der Waals surface area contributed by atoms with Crippen LogP contribution >= 0.6 is 11.8 Å². The summed E-state index contributed by atoms with van der Waals surface area (Å²) in [5.41, 5.74) is 6.08. The molecule has 2 atom stereocenters. The highest BCUT2D eigenvalue weighted by Gasteiger charge is 2.15. The highest BCUT2D eigenvalue weighted by Crippen LogP contribution is 2.18. The molecule has 2 nitrogen and oxygen atoms in total. The van der Waals surface area contributed by atoms with Crippen molar-refractivity contribution in [3.8, 4) is 0 Å². The third kappa shape index (κ3) is 6.77. The molecule has 1 aliphatic rings. The molecular formula is C13H27NOS. The summed E-state index contributed by atoms with van der Waals surface area (Å²) < 4.78 is 5.60. The summed E-state index contributed by atoms with van der Waals surface area (Å²) in [5, 5.41) is 0. The summed E-state index contributed by atoms with van der Waals surface area (Å²) in [5.74, 6) is 3.13. The molecule has 0 aromatic carbocycles. The molecule has 2 unspecified atom stereocenters. The number of hydrogen-bond donors (Lipinski definition) is 1. The lowest BCUT2D eigenvalue weighted by Gasteiger charge is -2.14. The maximum absolute atomic E-state index is 6.08. The van der Waals surface area contributed by atoms with E-state index in [2.05, 4.69) is 13.8 Å². The molecule has 0 bridgehead atoms. The van der Waals surface area contributed by atoms with Crippen LogP contribution in [0.5, 0.6) is 0 Å². The monoisotopic (exact) mass is 245 g/mol. The van der Waals surface area contributed by atoms with Gasteiger partial charge in [0.25, 0.3) is 0 Å². The van der Waals surface area contributed by atoms with E-state index < -0.39 is 0 Å². The third-order valence-electron chi connectivity index (χ3n) is 2.91. The van der Waals surface area contributed by atoms with E-state index in [4.69, 9.17) is 10.5 Å². The molecule has 1 heterocycles. The Morgan fingerprint density at radius 1 is 1.38 bits per heavy atom. The SMILES string of the molecule is CC(C)CSCC(N)CCCC1CCCO1. The topological polar surface area (TPSA) is 35.2 Å². The van der Waals surface area contributed by atoms with Gasteiger partial charge in [0.15, 0.2) is 0 Å². The number of rotatable bonds is 8. The maximum Gasteiger partial charge on any atom is 0.0576 e. The van der Waals surface area contributed by atoms with Gasteiger partial charge in [0.2, 0.25) is 0 Å². The second-order valence-corrected chi connectivity index (χ2v) is 6.33. The minimum atomic E-state index is 0.380. The molecule has 0 aliphatic carbocycles. The quantitative estimate of drug-likeness (QED) is 0.714. The molecule has 3 heteroatoms. The number of ether oxygens (including phenoxy) is 1. The molecule has 1 rings (SSSR count). The molecule has 0 amide bonds. The van der Waals surface area contributed by atoms with E-state index in [9.17, 15) is 0 Å². The van der Waals surface area contributed by atoms with Crippen molar-refractivity contribution in [3.63, 3.8) is 0 Å². The highest BCUT2D eigenvalue weighted by atomic mass is 32.2. The predicted molar refractivity (Wildman–Crippen MR) is 73.0 cm³/mol. The van der Waals surface area contributed by atoms with Gasteiger partial charge in [-0.2, -0.15) is 11.8 Å². The van der Waals surface area contributed by atoms with Crippen molar-refractivity contribution in [2.24, 2.45) is 11.7 Å². The summed E-state index contributed by atoms with van der Waals surface area (Å²) in [6.45, 7) is 5.49. The fraction of sp³-hybridized carbons (Fsp3) is 1.00. The van der Waals surface area contributed by atoms with Crippen LogP contribution in [0.25, 0.3) is 0 Å². The molecule has 1 saturated heterocycles. The van der Waals surface area contributed by atoms with Crippen LogP contribution in [0, 0.1) is 5.92 Å². The van der Waals surface area contributed by atoms with Crippen LogP contribution in [0.3, 0.4) is 0 Å². The summed E-state index contributed by atoms with van der Waals surface area (Å²) >= 11 is 2.00. The lowest BCUT2D eigenvalue weighted by Crippen LogP contribution is -2.23. The minimum absolute atomic E-state index is 0.380. The largest absolute Gasteiger partial charge is 0.378 e. The molecule has 0 saturated carbocycles. The lowest BCUT2D eigenvalue weighted by atomic mass is 10.1. The Labute approximate surface area is 105 Å². The van der Waals surface area contributed by atoms with E-state index >= 15 is 0 Å². The van der Waals surface area contributed by atoms with Crippen LogP contribution in [0.15, 0.2) is 0 Å². The zero-order chi connectivity index (χ0) is 11.8. The van der Waals surface area contributed by atoms with E-state index in [-0.39, 0.29) is 0 Å². The standard InChI is InChI=1S/C13H27NOS/c1-11(2)9-16-10-12(14)5-3-6-13-7-4-8-15-13/h11-13H,3-10,14H2,1-2H3. The van der Waals surface area contributed by atoms with E-state index in [0.717, 1.165) is 24.7 Å². The first kappa shape index (κ1) is 14.3. The Kier molecular flexibility index (Phi) is 7.50. The smallest absolute Gasteiger partial charge is 0.0576 e. The Morgan fingerprint density at radius 2 is 2.19 bits per heavy atom. The fourth-order valence-corrected chi connectivity index (χ4v) is 3.10. The summed E-state index contributed by atoms with van der Waals surface area (Å²) in [6, 6.07) is 0.380. The van der Waals surface area contributed by atoms with Gasteiger partial charge >= 0.3 is 0 Å². The van der Waals surface area contributed by atoms with Gasteiger partial charge in [0.1, 0.15) is 0 Å². The second kappa shape index (κ2) is 8.37. The second-order valence-electron chi connectivity index (χ2n) is 5.26. The Morgan fingerprint density at radius 3 is 2.81 bits per heavy atom. The first-order valence-corrected chi connectivity index (χ1v) is 7.79. The average molecular weight is 245 g/mol. The van der Waals surface area contributed by atoms with Crippen LogP contribution < -0.4 is 5.73 Å². The first-order valence-electron chi connectivity index (χ1n) is 6.63. The summed E-state index contributed by atoms with van der Waals surface area (Å²) in [7, 11) is 0. The van der Waals surface area contributed by atoms with Crippen molar-refractivity contribution in [2.75, 3.05) is 18.1 Å². The van der Waals surface area contributed by atoms with E-state index in [1.807, 2.05) is 11.8 Å². The van der Waals surface area contributed by atoms with Gasteiger partial charge in [0, 0.05) is 18.4 Å². The van der Waals surface area contributed by atoms with Crippen LogP contribution in [-0.2, 0) is 4.74 Å². The van der Waals surface area contributed by atoms with E-state index in [0.29, 0.717) is 12.1 Å². The molecule has 16 heavy (non-hydrogen) atoms. The Balaban J connectivity index is 1.91. The number of thioether (sulfide) groups is 1. The van der Waals surface area contributed by atoms with Gasteiger partial charge in [-0.05, 0) is 43.8 Å². The predicted octanol–water partition coefficient (Wildman–Crippen LogP) is 3.05. The third-order valence-corrected chi connectivity index (χ3v) is 4.47. The molecule has 0 aromatic heterocycles. The minimum Gasteiger partial charge on any atom is -0.378 e. The van der Waals surface area contributed by atoms with Crippen molar-refractivity contribution in [1.29, 1.82) is 0 Å². The van der Waals surface area contributed by atoms with Crippen LogP contribution in [0.2, 0.25) is 0 Å². The van der Waals surface area contributed by atoms with Crippen molar-refractivity contribution in [3.05, 3.63) is 0 Å². The fourth-order valence-electron chi connectivity index (χ4n) is 2.02. The summed E-state index contributed by atoms with van der Waals surface area (Å²) in [4.78, 5) is 0. The normalized spacial score (nSPS) is 22.9.